The molecule has 1 aliphatic carbocycles. The number of nitrogens with zero attached hydrogens (tertiary/aromatic N) is 6. The Morgan fingerprint density at radius 2 is 1.78 bits per heavy atom. The second-order valence-corrected chi connectivity index (χ2v) is 8.91. The van der Waals surface area contributed by atoms with Gasteiger partial charge in [0.15, 0.2) is 0 Å². The zero-order valence-electron chi connectivity index (χ0n) is 19.0. The van der Waals surface area contributed by atoms with Crippen LogP contribution in [0.25, 0.3) is 0 Å². The lowest BCUT2D eigenvalue weighted by Crippen LogP contribution is -2.56. The number of carbonyl (C=O) groups excluding carboxylic acids is 1. The molecule has 0 N–H and O–H groups in total. The lowest BCUT2D eigenvalue weighted by atomic mass is 9.68. The van der Waals surface area contributed by atoms with E-state index < -0.39 is 0 Å². The maximum atomic E-state index is 13.4. The van der Waals surface area contributed by atoms with Gasteiger partial charge in [-0.25, -0.2) is 14.8 Å². The molecule has 32 heavy (non-hydrogen) atoms. The molecule has 0 radical (unpaired) electrons. The molecule has 1 aliphatic heterocycles. The van der Waals surface area contributed by atoms with Crippen molar-refractivity contribution in [2.45, 2.75) is 36.8 Å². The summed E-state index contributed by atoms with van der Waals surface area (Å²) in [5, 5.41) is 9.03. The van der Waals surface area contributed by atoms with Gasteiger partial charge in [-0.1, -0.05) is 30.3 Å². The molecule has 1 aromatic heterocycles. The van der Waals surface area contributed by atoms with Gasteiger partial charge in [-0.15, -0.1) is 0 Å². The molecule has 0 bridgehead atoms. The summed E-state index contributed by atoms with van der Waals surface area (Å²) < 4.78 is 5.32. The van der Waals surface area contributed by atoms with E-state index in [1.165, 1.54) is 18.0 Å². The normalized spacial score (nSPS) is 25.5. The molecule has 2 fully saturated rings. The van der Waals surface area contributed by atoms with E-state index >= 15 is 0 Å². The van der Waals surface area contributed by atoms with Crippen LogP contribution in [0, 0.1) is 11.3 Å². The largest absolute Gasteiger partial charge is 0.383 e. The third-order valence-corrected chi connectivity index (χ3v) is 7.19. The topological polar surface area (TPSA) is 85.6 Å². The summed E-state index contributed by atoms with van der Waals surface area (Å²) in [5.41, 5.74) is 1.35. The smallest absolute Gasteiger partial charge is 0.327 e. The lowest BCUT2D eigenvalue weighted by molar-refractivity contribution is 0.0189. The first-order chi connectivity index (χ1) is 15.5. The number of carbonyl (C=O) groups is 1. The van der Waals surface area contributed by atoms with Crippen LogP contribution in [0.1, 0.15) is 36.8 Å². The number of urea groups is 1. The molecule has 168 valence electrons. The minimum absolute atomic E-state index is 0.0547. The quantitative estimate of drug-likeness (QED) is 0.695. The summed E-state index contributed by atoms with van der Waals surface area (Å²) in [5.74, 6) is 0.348. The number of methoxy groups -OCH3 is 1. The molecule has 2 amide bonds. The monoisotopic (exact) mass is 434 g/mol. The number of hydrogen-bond acceptors (Lipinski definition) is 6. The molecule has 8 heteroatoms. The fraction of sp³-hybridized carbons (Fsp3) is 0.500. The highest BCUT2D eigenvalue weighted by molar-refractivity contribution is 5.93. The molecule has 1 aromatic carbocycles. The summed E-state index contributed by atoms with van der Waals surface area (Å²) in [7, 11) is 5.94. The van der Waals surface area contributed by atoms with Crippen molar-refractivity contribution >= 4 is 12.0 Å². The van der Waals surface area contributed by atoms with Crippen molar-refractivity contribution in [3.8, 4) is 6.07 Å². The summed E-state index contributed by atoms with van der Waals surface area (Å²) in [6, 6.07) is 12.6. The second-order valence-electron chi connectivity index (χ2n) is 8.91. The Morgan fingerprint density at radius 1 is 1.12 bits per heavy atom. The van der Waals surface area contributed by atoms with Crippen LogP contribution < -0.4 is 4.90 Å². The van der Waals surface area contributed by atoms with Gasteiger partial charge in [-0.3, -0.25) is 9.80 Å². The summed E-state index contributed by atoms with van der Waals surface area (Å²) in [6.45, 7) is 1.55. The van der Waals surface area contributed by atoms with Crippen LogP contribution in [-0.4, -0.2) is 72.2 Å². The number of nitriles is 1. The first-order valence-electron chi connectivity index (χ1n) is 11.0. The zero-order chi connectivity index (χ0) is 22.8. The van der Waals surface area contributed by atoms with Crippen LogP contribution in [0.2, 0.25) is 0 Å². The van der Waals surface area contributed by atoms with Gasteiger partial charge in [0, 0.05) is 19.2 Å². The third kappa shape index (κ3) is 3.72. The van der Waals surface area contributed by atoms with Gasteiger partial charge in [0.05, 0.1) is 36.6 Å². The van der Waals surface area contributed by atoms with E-state index in [-0.39, 0.29) is 17.1 Å². The molecular weight excluding hydrogens is 404 g/mol. The third-order valence-electron chi connectivity index (χ3n) is 7.19. The summed E-state index contributed by atoms with van der Waals surface area (Å²) in [4.78, 5) is 28.0. The van der Waals surface area contributed by atoms with E-state index in [9.17, 15) is 4.79 Å². The molecular formula is C24H30N6O2. The summed E-state index contributed by atoms with van der Waals surface area (Å²) in [6.07, 6.45) is 6.58. The molecule has 8 nitrogen and oxygen atoms in total. The number of hydrogen-bond donors (Lipinski definition) is 0. The first kappa shape index (κ1) is 22.2. The number of aromatic nitrogens is 2. The van der Waals surface area contributed by atoms with Crippen molar-refractivity contribution in [3.05, 3.63) is 53.9 Å². The number of anilines is 1. The van der Waals surface area contributed by atoms with Crippen molar-refractivity contribution in [2.75, 3.05) is 45.8 Å². The summed E-state index contributed by atoms with van der Waals surface area (Å²) >= 11 is 0. The lowest BCUT2D eigenvalue weighted by Gasteiger charge is -2.51. The predicted molar refractivity (Wildman–Crippen MR) is 121 cm³/mol. The minimum atomic E-state index is -0.291. The zero-order valence-corrected chi connectivity index (χ0v) is 19.0. The number of amides is 2. The van der Waals surface area contributed by atoms with E-state index in [0.29, 0.717) is 31.2 Å². The highest BCUT2D eigenvalue weighted by Crippen LogP contribution is 2.49. The molecule has 4 rings (SSSR count). The maximum Gasteiger partial charge on any atom is 0.327 e. The molecule has 2 aliphatic rings. The van der Waals surface area contributed by atoms with E-state index in [2.05, 4.69) is 59.3 Å². The van der Waals surface area contributed by atoms with E-state index in [1.807, 2.05) is 11.0 Å². The first-order valence-corrected chi connectivity index (χ1v) is 11.0. The van der Waals surface area contributed by atoms with Crippen molar-refractivity contribution in [1.82, 2.24) is 19.8 Å². The highest BCUT2D eigenvalue weighted by atomic mass is 16.5. The van der Waals surface area contributed by atoms with Gasteiger partial charge in [0.25, 0.3) is 0 Å². The minimum Gasteiger partial charge on any atom is -0.383 e. The van der Waals surface area contributed by atoms with E-state index in [1.54, 1.807) is 12.0 Å². The van der Waals surface area contributed by atoms with Gasteiger partial charge >= 0.3 is 6.03 Å². The van der Waals surface area contributed by atoms with Gasteiger partial charge < -0.3 is 9.64 Å². The van der Waals surface area contributed by atoms with Crippen LogP contribution in [0.4, 0.5) is 10.7 Å². The average Bonchev–Trinajstić information content (AvgIpc) is 3.09. The van der Waals surface area contributed by atoms with Crippen LogP contribution in [0.3, 0.4) is 0 Å². The van der Waals surface area contributed by atoms with Crippen molar-refractivity contribution < 1.29 is 9.53 Å². The van der Waals surface area contributed by atoms with Gasteiger partial charge in [-0.2, -0.15) is 5.26 Å². The Balaban J connectivity index is 1.63. The van der Waals surface area contributed by atoms with E-state index in [4.69, 9.17) is 10.00 Å². The molecule has 0 unspecified atom stereocenters. The van der Waals surface area contributed by atoms with Gasteiger partial charge in [0.2, 0.25) is 5.95 Å². The Morgan fingerprint density at radius 3 is 2.34 bits per heavy atom. The SMILES string of the molecule is COCCN1C(=O)N(c2ncc(C#N)cn2)C[C@]12CC[C@@](c1ccccc1)(N(C)C)CC2. The van der Waals surface area contributed by atoms with Crippen molar-refractivity contribution in [3.63, 3.8) is 0 Å². The van der Waals surface area contributed by atoms with Gasteiger partial charge in [-0.05, 0) is 45.3 Å². The predicted octanol–water partition coefficient (Wildman–Crippen LogP) is 3.01. The van der Waals surface area contributed by atoms with Crippen molar-refractivity contribution in [2.24, 2.45) is 0 Å². The van der Waals surface area contributed by atoms with Crippen LogP contribution in [-0.2, 0) is 10.3 Å². The Labute approximate surface area is 189 Å². The molecule has 2 heterocycles. The van der Waals surface area contributed by atoms with Crippen molar-refractivity contribution in [1.29, 1.82) is 5.26 Å². The molecule has 2 aromatic rings. The highest BCUT2D eigenvalue weighted by Gasteiger charge is 2.55. The van der Waals surface area contributed by atoms with E-state index in [0.717, 1.165) is 25.7 Å². The van der Waals surface area contributed by atoms with Gasteiger partial charge in [0.1, 0.15) is 6.07 Å². The fourth-order valence-electron chi connectivity index (χ4n) is 5.29. The van der Waals surface area contributed by atoms with Crippen LogP contribution in [0.5, 0.6) is 0 Å². The Hall–Kier alpha value is -3.02. The number of rotatable bonds is 6. The van der Waals surface area contributed by atoms with Crippen LogP contribution in [0.15, 0.2) is 42.7 Å². The molecule has 1 saturated carbocycles. The average molecular weight is 435 g/mol. The maximum absolute atomic E-state index is 13.4. The van der Waals surface area contributed by atoms with Crippen LogP contribution >= 0.6 is 0 Å². The number of ether oxygens (including phenoxy) is 1. The standard InChI is InChI=1S/C24H30N6O2/c1-28(2)24(20-7-5-4-6-8-20)11-9-23(10-12-24)18-29(22(31)30(23)13-14-32-3)21-26-16-19(15-25)17-27-21/h4-8,16-17H,9-14,18H2,1-3H3/t23-,24-. The Bertz CT molecular complexity index is 978. The Kier molecular flexibility index (Phi) is 6.13. The molecule has 1 saturated heterocycles. The number of benzene rings is 1. The molecule has 0 atom stereocenters. The second kappa shape index (κ2) is 8.85. The fourth-order valence-corrected chi connectivity index (χ4v) is 5.29. The molecule has 1 spiro atoms.